The van der Waals surface area contributed by atoms with Gasteiger partial charge in [0.1, 0.15) is 5.69 Å². The van der Waals surface area contributed by atoms with Crippen LogP contribution in [-0.4, -0.2) is 28.0 Å². The molecule has 0 bridgehead atoms. The van der Waals surface area contributed by atoms with Crippen molar-refractivity contribution >= 4 is 27.8 Å². The van der Waals surface area contributed by atoms with Gasteiger partial charge in [0.05, 0.1) is 29.8 Å². The molecule has 4 rings (SSSR count). The Morgan fingerprint density at radius 1 is 1.43 bits per heavy atom. The number of nitrogens with zero attached hydrogens (tertiary/aromatic N) is 3. The van der Waals surface area contributed by atoms with Crippen molar-refractivity contribution < 1.29 is 4.74 Å². The lowest BCUT2D eigenvalue weighted by atomic mass is 10.3. The zero-order valence-corrected chi connectivity index (χ0v) is 14.5. The maximum Gasteiger partial charge on any atom is 0.183 e. The molecule has 0 aromatic carbocycles. The van der Waals surface area contributed by atoms with Crippen LogP contribution in [-0.2, 0) is 11.3 Å². The van der Waals surface area contributed by atoms with Crippen molar-refractivity contribution in [1.29, 1.82) is 0 Å². The number of anilines is 1. The quantitative estimate of drug-likeness (QED) is 0.760. The van der Waals surface area contributed by atoms with Crippen LogP contribution in [0.4, 0.5) is 5.13 Å². The summed E-state index contributed by atoms with van der Waals surface area (Å²) in [5.41, 5.74) is 2.02. The molecule has 0 unspecified atom stereocenters. The van der Waals surface area contributed by atoms with Crippen LogP contribution < -0.4 is 5.32 Å². The fourth-order valence-corrected chi connectivity index (χ4v) is 4.25. The second kappa shape index (κ2) is 6.43. The van der Waals surface area contributed by atoms with Gasteiger partial charge >= 0.3 is 0 Å². The summed E-state index contributed by atoms with van der Waals surface area (Å²) >= 11 is 3.42. The van der Waals surface area contributed by atoms with Crippen molar-refractivity contribution in [3.05, 3.63) is 40.3 Å². The summed E-state index contributed by atoms with van der Waals surface area (Å²) in [4.78, 5) is 7.08. The molecule has 23 heavy (non-hydrogen) atoms. The molecule has 7 heteroatoms. The minimum Gasteiger partial charge on any atom is -0.379 e. The molecule has 3 aromatic rings. The Kier molecular flexibility index (Phi) is 4.15. The van der Waals surface area contributed by atoms with E-state index in [1.54, 1.807) is 22.7 Å². The van der Waals surface area contributed by atoms with Crippen molar-refractivity contribution in [1.82, 2.24) is 14.8 Å². The summed E-state index contributed by atoms with van der Waals surface area (Å²) in [6, 6.07) is 6.64. The molecule has 5 nitrogen and oxygen atoms in total. The SMILES string of the molecule is Cc1nc(NCc2cccs2)sc1-c1ccn([C@H]2CCOC2)n1. The van der Waals surface area contributed by atoms with Gasteiger partial charge in [0.15, 0.2) is 5.13 Å². The predicted molar refractivity (Wildman–Crippen MR) is 94.2 cm³/mol. The number of hydrogen-bond acceptors (Lipinski definition) is 6. The van der Waals surface area contributed by atoms with Gasteiger partial charge in [0.25, 0.3) is 0 Å². The van der Waals surface area contributed by atoms with Crippen LogP contribution in [0, 0.1) is 6.92 Å². The third-order valence-electron chi connectivity index (χ3n) is 3.91. The summed E-state index contributed by atoms with van der Waals surface area (Å²) in [6.07, 6.45) is 3.09. The van der Waals surface area contributed by atoms with E-state index < -0.39 is 0 Å². The number of nitrogens with one attached hydrogen (secondary N) is 1. The molecule has 4 heterocycles. The molecule has 0 amide bonds. The smallest absolute Gasteiger partial charge is 0.183 e. The number of rotatable bonds is 5. The van der Waals surface area contributed by atoms with Gasteiger partial charge < -0.3 is 10.1 Å². The van der Waals surface area contributed by atoms with E-state index in [9.17, 15) is 0 Å². The Morgan fingerprint density at radius 2 is 2.39 bits per heavy atom. The molecule has 1 fully saturated rings. The van der Waals surface area contributed by atoms with Crippen LogP contribution >= 0.6 is 22.7 Å². The lowest BCUT2D eigenvalue weighted by Crippen LogP contribution is -2.08. The highest BCUT2D eigenvalue weighted by Crippen LogP contribution is 2.32. The van der Waals surface area contributed by atoms with E-state index in [1.807, 2.05) is 17.8 Å². The largest absolute Gasteiger partial charge is 0.379 e. The normalized spacial score (nSPS) is 17.7. The second-order valence-electron chi connectivity index (χ2n) is 5.56. The van der Waals surface area contributed by atoms with Gasteiger partial charge in [-0.1, -0.05) is 17.4 Å². The van der Waals surface area contributed by atoms with Crippen molar-refractivity contribution in [2.45, 2.75) is 25.9 Å². The van der Waals surface area contributed by atoms with E-state index in [-0.39, 0.29) is 0 Å². The Bertz CT molecular complexity index is 772. The highest BCUT2D eigenvalue weighted by atomic mass is 32.1. The summed E-state index contributed by atoms with van der Waals surface area (Å²) < 4.78 is 7.47. The van der Waals surface area contributed by atoms with Crippen LogP contribution in [0.3, 0.4) is 0 Å². The van der Waals surface area contributed by atoms with Gasteiger partial charge in [-0.25, -0.2) is 4.98 Å². The average molecular weight is 346 g/mol. The summed E-state index contributed by atoms with van der Waals surface area (Å²) in [5.74, 6) is 0. The van der Waals surface area contributed by atoms with E-state index >= 15 is 0 Å². The first-order valence-electron chi connectivity index (χ1n) is 7.66. The molecule has 120 valence electrons. The second-order valence-corrected chi connectivity index (χ2v) is 7.60. The van der Waals surface area contributed by atoms with E-state index in [4.69, 9.17) is 9.84 Å². The maximum atomic E-state index is 5.44. The molecule has 1 atom stereocenters. The number of thiazole rings is 1. The molecule has 1 N–H and O–H groups in total. The molecule has 1 saturated heterocycles. The fraction of sp³-hybridized carbons (Fsp3) is 0.375. The highest BCUT2D eigenvalue weighted by Gasteiger charge is 2.20. The van der Waals surface area contributed by atoms with Crippen LogP contribution in [0.5, 0.6) is 0 Å². The molecule has 3 aromatic heterocycles. The molecule has 0 radical (unpaired) electrons. The van der Waals surface area contributed by atoms with Crippen LogP contribution in [0.1, 0.15) is 23.0 Å². The third-order valence-corrected chi connectivity index (χ3v) is 5.93. The lowest BCUT2D eigenvalue weighted by molar-refractivity contribution is 0.184. The predicted octanol–water partition coefficient (Wildman–Crippen LogP) is 3.95. The minimum atomic E-state index is 0.369. The van der Waals surface area contributed by atoms with E-state index in [2.05, 4.69) is 33.9 Å². The molecular weight excluding hydrogens is 328 g/mol. The van der Waals surface area contributed by atoms with Gasteiger partial charge in [-0.05, 0) is 30.9 Å². The van der Waals surface area contributed by atoms with Crippen molar-refractivity contribution in [3.63, 3.8) is 0 Å². The van der Waals surface area contributed by atoms with Gasteiger partial charge in [-0.15, -0.1) is 11.3 Å². The first-order chi connectivity index (χ1) is 11.3. The zero-order chi connectivity index (χ0) is 15.6. The maximum absolute atomic E-state index is 5.44. The topological polar surface area (TPSA) is 52.0 Å². The van der Waals surface area contributed by atoms with Crippen molar-refractivity contribution in [3.8, 4) is 10.6 Å². The lowest BCUT2D eigenvalue weighted by Gasteiger charge is -2.06. The fourth-order valence-electron chi connectivity index (χ4n) is 2.68. The summed E-state index contributed by atoms with van der Waals surface area (Å²) in [7, 11) is 0. The average Bonchev–Trinajstić information content (AvgIpc) is 3.32. The van der Waals surface area contributed by atoms with Crippen molar-refractivity contribution in [2.24, 2.45) is 0 Å². The molecular formula is C16H18N4OS2. The summed E-state index contributed by atoms with van der Waals surface area (Å²) in [6.45, 7) is 4.45. The first kappa shape index (κ1) is 14.9. The molecule has 0 aliphatic carbocycles. The van der Waals surface area contributed by atoms with Crippen LogP contribution in [0.25, 0.3) is 10.6 Å². The Hall–Kier alpha value is -1.70. The number of hydrogen-bond donors (Lipinski definition) is 1. The van der Waals surface area contributed by atoms with Gasteiger partial charge in [0.2, 0.25) is 0 Å². The molecule has 1 aliphatic heterocycles. The zero-order valence-electron chi connectivity index (χ0n) is 12.9. The standard InChI is InChI=1S/C16H18N4OS2/c1-11-15(14-4-6-20(19-14)12-5-7-21-10-12)23-16(18-11)17-9-13-3-2-8-22-13/h2-4,6,8,12H,5,7,9-10H2,1H3,(H,17,18)/t12-/m0/s1. The highest BCUT2D eigenvalue weighted by molar-refractivity contribution is 7.19. The Morgan fingerprint density at radius 3 is 3.17 bits per heavy atom. The first-order valence-corrected chi connectivity index (χ1v) is 9.36. The number of ether oxygens (including phenoxy) is 1. The Balaban J connectivity index is 1.50. The number of thiophene rings is 1. The van der Waals surface area contributed by atoms with Crippen molar-refractivity contribution in [2.75, 3.05) is 18.5 Å². The summed E-state index contributed by atoms with van der Waals surface area (Å²) in [5, 5.41) is 11.2. The minimum absolute atomic E-state index is 0.369. The number of aryl methyl sites for hydroxylation is 1. The van der Waals surface area contributed by atoms with E-state index in [0.717, 1.165) is 47.6 Å². The third kappa shape index (κ3) is 3.17. The molecule has 0 spiro atoms. The van der Waals surface area contributed by atoms with Crippen LogP contribution in [0.2, 0.25) is 0 Å². The molecule has 1 aliphatic rings. The monoisotopic (exact) mass is 346 g/mol. The Labute approximate surface area is 143 Å². The van der Waals surface area contributed by atoms with Gasteiger partial charge in [-0.3, -0.25) is 4.68 Å². The van der Waals surface area contributed by atoms with Gasteiger partial charge in [-0.2, -0.15) is 5.10 Å². The van der Waals surface area contributed by atoms with Gasteiger partial charge in [0, 0.05) is 17.7 Å². The van der Waals surface area contributed by atoms with E-state index in [1.165, 1.54) is 4.88 Å². The van der Waals surface area contributed by atoms with E-state index in [0.29, 0.717) is 6.04 Å². The van der Waals surface area contributed by atoms with Crippen LogP contribution in [0.15, 0.2) is 29.8 Å². The number of aromatic nitrogens is 3. The molecule has 0 saturated carbocycles.